The fourth-order valence-electron chi connectivity index (χ4n) is 4.80. The zero-order valence-corrected chi connectivity index (χ0v) is 25.8. The molecule has 1 aliphatic rings. The van der Waals surface area contributed by atoms with Crippen LogP contribution >= 0.6 is 11.8 Å². The van der Waals surface area contributed by atoms with Crippen molar-refractivity contribution in [2.24, 2.45) is 9.98 Å². The molecule has 0 saturated carbocycles. The highest BCUT2D eigenvalue weighted by Crippen LogP contribution is 2.35. The number of benzene rings is 3. The maximum Gasteiger partial charge on any atom is 0.573 e. The third kappa shape index (κ3) is 7.97. The maximum atomic E-state index is 15.0. The largest absolute Gasteiger partial charge is 0.573 e. The first-order valence-corrected chi connectivity index (χ1v) is 15.3. The standard InChI is InChI=1S/C32H29F5N6O2S/c1-19(2)26-16-23(33)8-13-28(26)43-20(3)14-15-46-31(43)40-30(44)38-17-27(34)21-4-6-22(7-5-21)29-39-18-42(41-29)24-9-11-25(12-10-24)45-32(35,36)37/h4-13,16-20,27H,14-15H2,1-3H3. The molecule has 1 fully saturated rings. The van der Waals surface area contributed by atoms with Gasteiger partial charge in [-0.1, -0.05) is 49.9 Å². The van der Waals surface area contributed by atoms with Crippen molar-refractivity contribution in [2.75, 3.05) is 10.7 Å². The molecule has 46 heavy (non-hydrogen) atoms. The van der Waals surface area contributed by atoms with Gasteiger partial charge in [-0.05, 0) is 72.9 Å². The van der Waals surface area contributed by atoms with Crippen LogP contribution in [0.4, 0.5) is 32.4 Å². The molecule has 240 valence electrons. The summed E-state index contributed by atoms with van der Waals surface area (Å²) < 4.78 is 71.5. The molecule has 2 heterocycles. The molecular weight excluding hydrogens is 627 g/mol. The highest BCUT2D eigenvalue weighted by molar-refractivity contribution is 8.14. The number of aromatic nitrogens is 3. The first kappa shape index (κ1) is 32.8. The minimum absolute atomic E-state index is 0.00600. The zero-order valence-electron chi connectivity index (χ0n) is 24.9. The summed E-state index contributed by atoms with van der Waals surface area (Å²) in [6, 6.07) is 15.1. The van der Waals surface area contributed by atoms with Crippen LogP contribution in [0.1, 0.15) is 50.4 Å². The van der Waals surface area contributed by atoms with E-state index in [2.05, 4.69) is 24.8 Å². The molecule has 1 saturated heterocycles. The van der Waals surface area contributed by atoms with Crippen LogP contribution in [0.5, 0.6) is 5.75 Å². The van der Waals surface area contributed by atoms with Crippen molar-refractivity contribution < 1.29 is 31.5 Å². The van der Waals surface area contributed by atoms with E-state index in [1.54, 1.807) is 18.2 Å². The van der Waals surface area contributed by atoms with Crippen molar-refractivity contribution in [3.05, 3.63) is 90.0 Å². The van der Waals surface area contributed by atoms with Crippen LogP contribution in [0.15, 0.2) is 83.0 Å². The molecule has 0 bridgehead atoms. The molecule has 5 rings (SSSR count). The number of urea groups is 1. The van der Waals surface area contributed by atoms with Gasteiger partial charge in [0.15, 0.2) is 17.2 Å². The Hall–Kier alpha value is -4.59. The number of amidine groups is 1. The second-order valence-corrected chi connectivity index (χ2v) is 11.8. The number of carbonyl (C=O) groups is 1. The summed E-state index contributed by atoms with van der Waals surface area (Å²) in [6.45, 7) is 5.93. The SMILES string of the molecule is CC(C)c1cc(F)ccc1N1C(=NC(=O)N=CC(F)c2ccc(-c3ncn(-c4ccc(OC(F)(F)F)cc4)n3)cc2)SCCC1C. The fraction of sp³-hybridized carbons (Fsp3) is 0.281. The minimum atomic E-state index is -4.79. The number of nitrogens with zero attached hydrogens (tertiary/aromatic N) is 6. The molecule has 3 aromatic carbocycles. The van der Waals surface area contributed by atoms with E-state index in [1.807, 2.05) is 25.7 Å². The van der Waals surface area contributed by atoms with Gasteiger partial charge in [0.05, 0.1) is 5.69 Å². The van der Waals surface area contributed by atoms with Crippen molar-refractivity contribution in [1.82, 2.24) is 14.8 Å². The summed E-state index contributed by atoms with van der Waals surface area (Å²) >= 11 is 1.39. The Bertz CT molecular complexity index is 1740. The predicted molar refractivity (Wildman–Crippen MR) is 168 cm³/mol. The molecular formula is C32H29F5N6O2S. The fourth-order valence-corrected chi connectivity index (χ4v) is 6.01. The minimum Gasteiger partial charge on any atom is -0.406 e. The number of anilines is 1. The predicted octanol–water partition coefficient (Wildman–Crippen LogP) is 8.68. The Morgan fingerprint density at radius 2 is 1.80 bits per heavy atom. The normalized spacial score (nSPS) is 17.2. The highest BCUT2D eigenvalue weighted by Gasteiger charge is 2.31. The van der Waals surface area contributed by atoms with E-state index >= 15 is 4.39 Å². The van der Waals surface area contributed by atoms with E-state index in [4.69, 9.17) is 0 Å². The summed E-state index contributed by atoms with van der Waals surface area (Å²) in [4.78, 5) is 26.8. The van der Waals surface area contributed by atoms with Crippen molar-refractivity contribution in [2.45, 2.75) is 51.7 Å². The van der Waals surface area contributed by atoms with Crippen LogP contribution < -0.4 is 9.64 Å². The average Bonchev–Trinajstić information content (AvgIpc) is 3.50. The van der Waals surface area contributed by atoms with Crippen LogP contribution in [0.3, 0.4) is 0 Å². The van der Waals surface area contributed by atoms with Crippen LogP contribution in [-0.2, 0) is 0 Å². The van der Waals surface area contributed by atoms with Gasteiger partial charge in [0.1, 0.15) is 17.9 Å². The van der Waals surface area contributed by atoms with Gasteiger partial charge in [-0.25, -0.2) is 28.2 Å². The second kappa shape index (κ2) is 13.8. The topological polar surface area (TPSA) is 85.0 Å². The molecule has 0 N–H and O–H groups in total. The smallest absolute Gasteiger partial charge is 0.406 e. The monoisotopic (exact) mass is 656 g/mol. The molecule has 1 aliphatic heterocycles. The van der Waals surface area contributed by atoms with Gasteiger partial charge >= 0.3 is 12.4 Å². The summed E-state index contributed by atoms with van der Waals surface area (Å²) in [5.41, 5.74) is 2.82. The molecule has 2 amide bonds. The molecule has 4 aromatic rings. The first-order chi connectivity index (χ1) is 21.9. The number of aliphatic imine (C=N–C) groups is 2. The van der Waals surface area contributed by atoms with E-state index in [0.717, 1.165) is 41.8 Å². The van der Waals surface area contributed by atoms with Crippen molar-refractivity contribution in [3.8, 4) is 22.8 Å². The lowest BCUT2D eigenvalue weighted by Gasteiger charge is -2.37. The summed E-state index contributed by atoms with van der Waals surface area (Å²) in [7, 11) is 0. The quantitative estimate of drug-likeness (QED) is 0.146. The lowest BCUT2D eigenvalue weighted by atomic mass is 9.99. The number of alkyl halides is 4. The van der Waals surface area contributed by atoms with Crippen molar-refractivity contribution in [1.29, 1.82) is 0 Å². The van der Waals surface area contributed by atoms with Gasteiger partial charge in [-0.15, -0.1) is 18.3 Å². The summed E-state index contributed by atoms with van der Waals surface area (Å²) in [6.07, 6.45) is -3.37. The molecule has 1 aromatic heterocycles. The summed E-state index contributed by atoms with van der Waals surface area (Å²) in [5, 5.41) is 4.76. The number of hydrogen-bond acceptors (Lipinski definition) is 5. The second-order valence-electron chi connectivity index (χ2n) is 10.7. The number of hydrogen-bond donors (Lipinski definition) is 0. The summed E-state index contributed by atoms with van der Waals surface area (Å²) in [5.74, 6) is 0.375. The number of halogens is 5. The molecule has 14 heteroatoms. The number of ether oxygens (including phenoxy) is 1. The lowest BCUT2D eigenvalue weighted by molar-refractivity contribution is -0.274. The molecule has 0 spiro atoms. The van der Waals surface area contributed by atoms with E-state index in [-0.39, 0.29) is 29.1 Å². The number of amides is 2. The first-order valence-electron chi connectivity index (χ1n) is 14.3. The molecule has 0 aliphatic carbocycles. The third-order valence-corrected chi connectivity index (χ3v) is 8.09. The highest BCUT2D eigenvalue weighted by atomic mass is 32.2. The van der Waals surface area contributed by atoms with Gasteiger partial charge in [0, 0.05) is 29.3 Å². The Morgan fingerprint density at radius 1 is 1.09 bits per heavy atom. The number of rotatable bonds is 7. The number of carbonyl (C=O) groups excluding carboxylic acids is 1. The lowest BCUT2D eigenvalue weighted by Crippen LogP contribution is -2.42. The average molecular weight is 657 g/mol. The van der Waals surface area contributed by atoms with Gasteiger partial charge in [-0.3, -0.25) is 0 Å². The molecule has 2 atom stereocenters. The Morgan fingerprint density at radius 3 is 2.48 bits per heavy atom. The zero-order chi connectivity index (χ0) is 33.0. The van der Waals surface area contributed by atoms with Gasteiger partial charge in [0.25, 0.3) is 0 Å². The number of thioether (sulfide) groups is 1. The third-order valence-electron chi connectivity index (χ3n) is 7.11. The molecule has 2 unspecified atom stereocenters. The van der Waals surface area contributed by atoms with Crippen molar-refractivity contribution in [3.63, 3.8) is 0 Å². The Balaban J connectivity index is 1.25. The van der Waals surface area contributed by atoms with E-state index < -0.39 is 18.6 Å². The van der Waals surface area contributed by atoms with E-state index in [0.29, 0.717) is 22.2 Å². The van der Waals surface area contributed by atoms with Crippen LogP contribution in [-0.4, -0.2) is 50.3 Å². The van der Waals surface area contributed by atoms with Crippen molar-refractivity contribution >= 4 is 34.9 Å². The van der Waals surface area contributed by atoms with Crippen LogP contribution in [0.25, 0.3) is 17.1 Å². The van der Waals surface area contributed by atoms with Crippen LogP contribution in [0, 0.1) is 5.82 Å². The van der Waals surface area contributed by atoms with Gasteiger partial charge < -0.3 is 9.64 Å². The van der Waals surface area contributed by atoms with Gasteiger partial charge in [-0.2, -0.15) is 4.99 Å². The Kier molecular flexibility index (Phi) is 9.85. The maximum absolute atomic E-state index is 15.0. The Labute approximate surface area is 266 Å². The van der Waals surface area contributed by atoms with Crippen LogP contribution in [0.2, 0.25) is 0 Å². The van der Waals surface area contributed by atoms with E-state index in [1.165, 1.54) is 59.2 Å². The molecule has 8 nitrogen and oxygen atoms in total. The van der Waals surface area contributed by atoms with Gasteiger partial charge in [0.2, 0.25) is 0 Å². The molecule has 0 radical (unpaired) electrons. The van der Waals surface area contributed by atoms with E-state index in [9.17, 15) is 22.4 Å².